The molecular weight excluding hydrogens is 504 g/mol. The van der Waals surface area contributed by atoms with Gasteiger partial charge in [0, 0.05) is 29.0 Å². The Kier molecular flexibility index (Phi) is 7.56. The Balaban J connectivity index is 1.39. The van der Waals surface area contributed by atoms with Crippen molar-refractivity contribution in [1.82, 2.24) is 4.98 Å². The molecule has 1 heterocycles. The second kappa shape index (κ2) is 10.4. The Morgan fingerprint density at radius 3 is 2.46 bits per heavy atom. The number of thiazole rings is 1. The van der Waals surface area contributed by atoms with E-state index in [0.717, 1.165) is 40.2 Å². The summed E-state index contributed by atoms with van der Waals surface area (Å²) in [5.41, 5.74) is 1.73. The monoisotopic (exact) mass is 526 g/mol. The molecule has 3 aromatic rings. The first-order chi connectivity index (χ1) is 16.7. The maximum absolute atomic E-state index is 14.1. The van der Waals surface area contributed by atoms with Crippen LogP contribution in [0.1, 0.15) is 47.5 Å². The van der Waals surface area contributed by atoms with Crippen molar-refractivity contribution in [1.29, 1.82) is 0 Å². The standard InChI is InChI=1S/C24H22F4N2O3S2/c1-33-20-10-17(23(31)32)18(25)11-19(20)30-35-21-12-34-22(29-21)15-4-2-13(3-5-15)14-6-8-16(9-7-14)24(26,27)28/h2-5,10-12,14,16,30H,6-9H2,1H3,(H,31,32)/t14-,16-. The zero-order valence-corrected chi connectivity index (χ0v) is 20.2. The van der Waals surface area contributed by atoms with E-state index >= 15 is 0 Å². The minimum absolute atomic E-state index is 0.136. The van der Waals surface area contributed by atoms with E-state index in [1.807, 2.05) is 29.6 Å². The molecule has 11 heteroatoms. The Hall–Kier alpha value is -2.79. The van der Waals surface area contributed by atoms with Crippen molar-refractivity contribution >= 4 is 34.9 Å². The van der Waals surface area contributed by atoms with Gasteiger partial charge in [-0.1, -0.05) is 24.3 Å². The summed E-state index contributed by atoms with van der Waals surface area (Å²) in [6, 6.07) is 9.94. The highest BCUT2D eigenvalue weighted by atomic mass is 32.2. The first-order valence-corrected chi connectivity index (χ1v) is 12.5. The van der Waals surface area contributed by atoms with Crippen molar-refractivity contribution in [2.45, 2.75) is 42.8 Å². The predicted molar refractivity (Wildman–Crippen MR) is 128 cm³/mol. The van der Waals surface area contributed by atoms with Crippen LogP contribution in [0.25, 0.3) is 10.6 Å². The van der Waals surface area contributed by atoms with E-state index in [2.05, 4.69) is 9.71 Å². The molecule has 1 aromatic heterocycles. The number of rotatable bonds is 7. The summed E-state index contributed by atoms with van der Waals surface area (Å²) in [6.07, 6.45) is -2.70. The average molecular weight is 527 g/mol. The van der Waals surface area contributed by atoms with Gasteiger partial charge in [-0.25, -0.2) is 14.2 Å². The first-order valence-electron chi connectivity index (χ1n) is 10.8. The molecule has 2 aromatic carbocycles. The van der Waals surface area contributed by atoms with Gasteiger partial charge in [0.15, 0.2) is 0 Å². The zero-order valence-electron chi connectivity index (χ0n) is 18.6. The number of ether oxygens (including phenoxy) is 1. The van der Waals surface area contributed by atoms with Crippen molar-refractivity contribution in [2.75, 3.05) is 11.8 Å². The molecule has 2 N–H and O–H groups in total. The fraction of sp³-hybridized carbons (Fsp3) is 0.333. The van der Waals surface area contributed by atoms with Crippen molar-refractivity contribution < 1.29 is 32.2 Å². The molecule has 0 saturated heterocycles. The van der Waals surface area contributed by atoms with Crippen LogP contribution in [-0.2, 0) is 0 Å². The number of hydrogen-bond acceptors (Lipinski definition) is 6. The van der Waals surface area contributed by atoms with Crippen LogP contribution in [0.5, 0.6) is 5.75 Å². The number of carboxylic acid groups (broad SMARTS) is 1. The summed E-state index contributed by atoms with van der Waals surface area (Å²) < 4.78 is 60.9. The molecule has 35 heavy (non-hydrogen) atoms. The van der Waals surface area contributed by atoms with Gasteiger partial charge in [0.2, 0.25) is 0 Å². The highest BCUT2D eigenvalue weighted by molar-refractivity contribution is 8.00. The van der Waals surface area contributed by atoms with Crippen LogP contribution in [0.4, 0.5) is 23.2 Å². The van der Waals surface area contributed by atoms with Crippen LogP contribution >= 0.6 is 23.3 Å². The van der Waals surface area contributed by atoms with E-state index in [4.69, 9.17) is 9.84 Å². The number of benzene rings is 2. The zero-order chi connectivity index (χ0) is 25.2. The summed E-state index contributed by atoms with van der Waals surface area (Å²) in [6.45, 7) is 0. The molecule has 0 amide bonds. The highest BCUT2D eigenvalue weighted by Gasteiger charge is 2.41. The number of halogens is 4. The SMILES string of the molecule is COc1cc(C(=O)O)c(F)cc1NSc1csc(-c2ccc([C@H]3CC[C@H](C(F)(F)F)CC3)cc2)n1. The van der Waals surface area contributed by atoms with Crippen LogP contribution in [0, 0.1) is 11.7 Å². The van der Waals surface area contributed by atoms with Gasteiger partial charge in [-0.05, 0) is 43.2 Å². The van der Waals surface area contributed by atoms with E-state index in [9.17, 15) is 22.4 Å². The molecule has 1 fully saturated rings. The van der Waals surface area contributed by atoms with Gasteiger partial charge in [0.1, 0.15) is 21.6 Å². The number of carbonyl (C=O) groups is 1. The van der Waals surface area contributed by atoms with Crippen LogP contribution in [0.3, 0.4) is 0 Å². The van der Waals surface area contributed by atoms with Crippen LogP contribution in [0.15, 0.2) is 46.8 Å². The van der Waals surface area contributed by atoms with Crippen molar-refractivity contribution in [3.05, 3.63) is 58.7 Å². The number of aromatic nitrogens is 1. The molecule has 1 aliphatic rings. The third-order valence-electron chi connectivity index (χ3n) is 6.09. The summed E-state index contributed by atoms with van der Waals surface area (Å²) >= 11 is 2.55. The quantitative estimate of drug-likeness (QED) is 0.244. The smallest absolute Gasteiger partial charge is 0.391 e. The third-order valence-corrected chi connectivity index (χ3v) is 7.87. The molecule has 1 aliphatic carbocycles. The predicted octanol–water partition coefficient (Wildman–Crippen LogP) is 7.61. The van der Waals surface area contributed by atoms with Crippen LogP contribution in [0.2, 0.25) is 0 Å². The molecule has 5 nitrogen and oxygen atoms in total. The molecule has 4 rings (SSSR count). The Labute approximate surface area is 207 Å². The molecule has 1 saturated carbocycles. The van der Waals surface area contributed by atoms with Crippen LogP contribution < -0.4 is 9.46 Å². The van der Waals surface area contributed by atoms with Gasteiger partial charge in [-0.3, -0.25) is 0 Å². The van der Waals surface area contributed by atoms with Gasteiger partial charge < -0.3 is 14.6 Å². The van der Waals surface area contributed by atoms with Gasteiger partial charge in [0.05, 0.1) is 24.3 Å². The maximum Gasteiger partial charge on any atom is 0.391 e. The number of methoxy groups -OCH3 is 1. The summed E-state index contributed by atoms with van der Waals surface area (Å²) in [7, 11) is 1.36. The van der Waals surface area contributed by atoms with E-state index in [1.54, 1.807) is 0 Å². The highest BCUT2D eigenvalue weighted by Crippen LogP contribution is 2.43. The lowest BCUT2D eigenvalue weighted by Gasteiger charge is -2.30. The number of carboxylic acids is 1. The molecule has 0 bridgehead atoms. The number of hydrogen-bond donors (Lipinski definition) is 2. The molecule has 0 radical (unpaired) electrons. The topological polar surface area (TPSA) is 71.5 Å². The second-order valence-electron chi connectivity index (χ2n) is 8.24. The number of aromatic carboxylic acids is 1. The average Bonchev–Trinajstić information content (AvgIpc) is 3.31. The third kappa shape index (κ3) is 5.90. The second-order valence-corrected chi connectivity index (χ2v) is 9.93. The minimum atomic E-state index is -4.11. The van der Waals surface area contributed by atoms with Crippen molar-refractivity contribution in [3.63, 3.8) is 0 Å². The Morgan fingerprint density at radius 1 is 1.17 bits per heavy atom. The Morgan fingerprint density at radius 2 is 1.86 bits per heavy atom. The maximum atomic E-state index is 14.1. The van der Waals surface area contributed by atoms with Crippen molar-refractivity contribution in [3.8, 4) is 16.3 Å². The van der Waals surface area contributed by atoms with Gasteiger partial charge >= 0.3 is 12.1 Å². The van der Waals surface area contributed by atoms with E-state index in [0.29, 0.717) is 17.9 Å². The molecule has 0 atom stereocenters. The molecule has 186 valence electrons. The molecule has 0 spiro atoms. The number of nitrogens with one attached hydrogen (secondary N) is 1. The number of nitrogens with zero attached hydrogens (tertiary/aromatic N) is 1. The minimum Gasteiger partial charge on any atom is -0.495 e. The van der Waals surface area contributed by atoms with E-state index in [1.165, 1.54) is 18.4 Å². The normalized spacial score (nSPS) is 18.3. The fourth-order valence-corrected chi connectivity index (χ4v) is 5.76. The summed E-state index contributed by atoms with van der Waals surface area (Å²) in [5, 5.41) is 12.3. The van der Waals surface area contributed by atoms with Crippen LogP contribution in [-0.4, -0.2) is 29.3 Å². The summed E-state index contributed by atoms with van der Waals surface area (Å²) in [5.74, 6) is -3.13. The number of anilines is 1. The Bertz CT molecular complexity index is 1190. The summed E-state index contributed by atoms with van der Waals surface area (Å²) in [4.78, 5) is 15.7. The molecular formula is C24H22F4N2O3S2. The van der Waals surface area contributed by atoms with Crippen molar-refractivity contribution in [2.24, 2.45) is 5.92 Å². The number of alkyl halides is 3. The van der Waals surface area contributed by atoms with Gasteiger partial charge in [-0.15, -0.1) is 11.3 Å². The lowest BCUT2D eigenvalue weighted by atomic mass is 9.78. The lowest BCUT2D eigenvalue weighted by molar-refractivity contribution is -0.182. The van der Waals surface area contributed by atoms with Gasteiger partial charge in [0.25, 0.3) is 0 Å². The van der Waals surface area contributed by atoms with Gasteiger partial charge in [-0.2, -0.15) is 13.2 Å². The van der Waals surface area contributed by atoms with E-state index in [-0.39, 0.29) is 30.2 Å². The lowest BCUT2D eigenvalue weighted by Crippen LogP contribution is -2.27. The fourth-order valence-electron chi connectivity index (χ4n) is 4.16. The largest absolute Gasteiger partial charge is 0.495 e. The molecule has 0 unspecified atom stereocenters. The molecule has 0 aliphatic heterocycles. The first kappa shape index (κ1) is 25.3. The van der Waals surface area contributed by atoms with E-state index < -0.39 is 29.4 Å².